The van der Waals surface area contributed by atoms with Crippen molar-refractivity contribution in [2.75, 3.05) is 19.8 Å². The fourth-order valence-corrected chi connectivity index (χ4v) is 18.6. The van der Waals surface area contributed by atoms with Crippen molar-refractivity contribution >= 4 is 50.6 Å². The molecule has 76 heavy (non-hydrogen) atoms. The lowest BCUT2D eigenvalue weighted by atomic mass is 9.46. The molecule has 2 aliphatic heterocycles. The smallest absolute Gasteiger partial charge is 0.288 e. The number of aliphatic hydroxyl groups is 2. The van der Waals surface area contributed by atoms with Gasteiger partial charge in [0.25, 0.3) is 5.24 Å². The summed E-state index contributed by atoms with van der Waals surface area (Å²) in [6.07, 6.45) is 10.2. The van der Waals surface area contributed by atoms with Gasteiger partial charge in [0.15, 0.2) is 35.3 Å². The number of hydrogen-bond acceptors (Lipinski definition) is 14. The Morgan fingerprint density at radius 3 is 1.57 bits per heavy atom. The first-order valence-corrected chi connectivity index (χ1v) is 28.3. The van der Waals surface area contributed by atoms with E-state index in [0.29, 0.717) is 31.0 Å². The Morgan fingerprint density at radius 2 is 1.14 bits per heavy atom. The third-order valence-corrected chi connectivity index (χ3v) is 22.1. The second kappa shape index (κ2) is 19.0. The molecule has 17 heteroatoms. The van der Waals surface area contributed by atoms with Gasteiger partial charge in [-0.25, -0.2) is 8.78 Å². The largest absolute Gasteiger partial charge is 0.393 e. The van der Waals surface area contributed by atoms with Crippen LogP contribution in [0.4, 0.5) is 13.6 Å². The predicted molar refractivity (Wildman–Crippen MR) is 277 cm³/mol. The molecule has 2 aromatic carbocycles. The molecule has 402 valence electrons. The summed E-state index contributed by atoms with van der Waals surface area (Å²) in [5, 5.41) is 31.5. The summed E-state index contributed by atoms with van der Waals surface area (Å²) in [5.41, 5.74) is -2.93. The molecular formula is C59H64F2N2O11S2. The first-order valence-electron chi connectivity index (χ1n) is 26.5. The zero-order valence-corrected chi connectivity index (χ0v) is 45.0. The van der Waals surface area contributed by atoms with Gasteiger partial charge < -0.3 is 34.1 Å². The van der Waals surface area contributed by atoms with Crippen molar-refractivity contribution in [1.82, 2.24) is 4.90 Å². The molecule has 2 N–H and O–H groups in total. The molecule has 18 atom stereocenters. The number of carbonyl (C=O) groups is 5. The second-order valence-electron chi connectivity index (χ2n) is 23.8. The van der Waals surface area contributed by atoms with Gasteiger partial charge in [0.05, 0.1) is 36.2 Å². The van der Waals surface area contributed by atoms with Gasteiger partial charge in [0, 0.05) is 70.5 Å². The first-order chi connectivity index (χ1) is 36.1. The lowest BCUT2D eigenvalue weighted by molar-refractivity contribution is -0.195. The maximum absolute atomic E-state index is 14.8. The fourth-order valence-electron chi connectivity index (χ4n) is 16.9. The van der Waals surface area contributed by atoms with Crippen molar-refractivity contribution < 1.29 is 61.9 Å². The number of nitriles is 1. The Hall–Kier alpha value is -4.64. The van der Waals surface area contributed by atoms with Gasteiger partial charge in [0.1, 0.15) is 11.6 Å². The summed E-state index contributed by atoms with van der Waals surface area (Å²) in [6, 6.07) is 14.4. The minimum Gasteiger partial charge on any atom is -0.393 e. The van der Waals surface area contributed by atoms with Crippen LogP contribution in [0.25, 0.3) is 0 Å². The zero-order valence-electron chi connectivity index (χ0n) is 43.4. The Morgan fingerprint density at radius 1 is 0.711 bits per heavy atom. The summed E-state index contributed by atoms with van der Waals surface area (Å²) in [4.78, 5) is 66.3. The molecule has 2 unspecified atom stereocenters. The molecule has 6 saturated carbocycles. The molecule has 2 aromatic rings. The number of fused-ring (bicyclic) bond motifs is 14. The zero-order chi connectivity index (χ0) is 54.1. The summed E-state index contributed by atoms with van der Waals surface area (Å²) in [6.45, 7) is 8.17. The van der Waals surface area contributed by atoms with Gasteiger partial charge in [-0.05, 0) is 111 Å². The van der Waals surface area contributed by atoms with Crippen LogP contribution in [0.3, 0.4) is 0 Å². The van der Waals surface area contributed by atoms with Crippen molar-refractivity contribution in [3.63, 3.8) is 0 Å². The molecule has 0 bridgehead atoms. The minimum atomic E-state index is -1.54. The molecule has 10 aliphatic rings. The number of allylic oxidation sites excluding steroid dienone is 8. The number of rotatable bonds is 5. The van der Waals surface area contributed by atoms with Gasteiger partial charge >= 0.3 is 0 Å². The van der Waals surface area contributed by atoms with E-state index in [9.17, 15) is 48.2 Å². The van der Waals surface area contributed by atoms with E-state index >= 15 is 0 Å². The van der Waals surface area contributed by atoms with Crippen LogP contribution in [-0.2, 0) is 38.1 Å². The molecule has 0 radical (unpaired) electrons. The molecule has 12 rings (SSSR count). The summed E-state index contributed by atoms with van der Waals surface area (Å²) >= 11 is 1.49. The Kier molecular flexibility index (Phi) is 13.4. The van der Waals surface area contributed by atoms with Crippen molar-refractivity contribution in [2.45, 2.75) is 127 Å². The quantitative estimate of drug-likeness (QED) is 0.288. The molecule has 0 spiro atoms. The van der Waals surface area contributed by atoms with Gasteiger partial charge in [-0.3, -0.25) is 24.0 Å². The predicted octanol–water partition coefficient (Wildman–Crippen LogP) is 9.46. The minimum absolute atomic E-state index is 0.0171. The Labute approximate surface area is 449 Å². The van der Waals surface area contributed by atoms with Crippen LogP contribution in [-0.4, -0.2) is 97.6 Å². The molecule has 2 saturated heterocycles. The number of nitrogens with zero attached hydrogens (tertiary/aromatic N) is 2. The number of halogens is 2. The highest BCUT2D eigenvalue weighted by Crippen LogP contribution is 2.73. The maximum Gasteiger partial charge on any atom is 0.288 e. The molecule has 13 nitrogen and oxygen atoms in total. The number of hydrogen-bond donors (Lipinski definition) is 2. The van der Waals surface area contributed by atoms with E-state index in [2.05, 4.69) is 13.8 Å². The number of benzene rings is 2. The summed E-state index contributed by atoms with van der Waals surface area (Å²) in [7, 11) is 3.16. The third-order valence-electron chi connectivity index (χ3n) is 20.2. The lowest BCUT2D eigenvalue weighted by Gasteiger charge is -2.59. The highest BCUT2D eigenvalue weighted by molar-refractivity contribution is 8.26. The molecule has 8 aliphatic carbocycles. The average Bonchev–Trinajstić information content (AvgIpc) is 4.25. The molecule has 2 heterocycles. The Bertz CT molecular complexity index is 2980. The van der Waals surface area contributed by atoms with Gasteiger partial charge in [0.2, 0.25) is 10.2 Å². The van der Waals surface area contributed by atoms with E-state index in [4.69, 9.17) is 18.9 Å². The van der Waals surface area contributed by atoms with E-state index in [1.54, 1.807) is 74.8 Å². The second-order valence-corrected chi connectivity index (χ2v) is 25.7. The van der Waals surface area contributed by atoms with Crippen LogP contribution in [0, 0.1) is 80.1 Å². The monoisotopic (exact) mass is 1080 g/mol. The molecule has 0 aromatic heterocycles. The van der Waals surface area contributed by atoms with E-state index in [1.165, 1.54) is 17.0 Å². The summed E-state index contributed by atoms with van der Waals surface area (Å²) in [5.74, 6) is -1.16. The lowest BCUT2D eigenvalue weighted by Crippen LogP contribution is -2.62. The van der Waals surface area contributed by atoms with Crippen LogP contribution in [0.2, 0.25) is 0 Å². The number of ketones is 2. The number of carbonyl (C=O) groups excluding carboxylic acids is 5. The summed E-state index contributed by atoms with van der Waals surface area (Å²) < 4.78 is 55.3. The third kappa shape index (κ3) is 7.69. The first kappa shape index (κ1) is 53.4. The number of aliphatic hydroxyl groups excluding tert-OH is 2. The number of amides is 1. The van der Waals surface area contributed by atoms with Crippen LogP contribution in [0.15, 0.2) is 96.1 Å². The number of thioether (sulfide) groups is 2. The normalized spacial score (nSPS) is 43.0. The van der Waals surface area contributed by atoms with E-state index in [0.717, 1.165) is 48.6 Å². The average molecular weight is 1080 g/mol. The topological polar surface area (TPSA) is 190 Å². The van der Waals surface area contributed by atoms with Gasteiger partial charge in [-0.15, -0.1) is 0 Å². The van der Waals surface area contributed by atoms with Crippen molar-refractivity contribution in [3.8, 4) is 6.07 Å². The molecule has 1 amide bonds. The molecule has 8 fully saturated rings. The standard InChI is InChI=1S/C30H34FNO6S.C29H30FNO5S/c1-28-12-11-17(33)13-16(28)9-10-18-20-14-23-30(26(35)39-27(36)32(3)4,29(20,2)15-22(34)24(18)28)38-25(37-23)19-7-5-6-8-21(19)31;1-27-10-9-17(32)13-16(27)7-8-18-20-14-23-29(26(34)37-12-11-31,28(20,2)15-22(33)24(18)27)36-25(35-23)19-5-3-4-6-21(19)30/h5-8,11-13,18,20,22-25,34H,9-10,14-15H2,1-4H3;3-6,9-10,13,18,20,22-25,33H,7-8,12,14-15H2,1-2H3/t18-,20-,22-,23+,24+,25?,28-,29-,30-;18-,20-,22-,23+,24+,25?,27-,28-,29-/m00/s1. The SMILES string of the molecule is CN(C)C(=O)SC(=O)[C@@]12OC(c3ccccc3F)O[C@@H]1C[C@H]1[C@@H]3CCC4=CC(=O)C=C[C@]4(C)[C@H]3[C@@H](O)C[C@@]12C.C[C@]12C=CC(=O)C=C1CC[C@@H]1[C@@H]2[C@@H](O)C[C@@]2(C)[C@H]1C[C@H]1OC(c3ccccc3F)O[C@]12C(=O)SCC#N. The highest BCUT2D eigenvalue weighted by atomic mass is 32.2. The van der Waals surface area contributed by atoms with Crippen molar-refractivity contribution in [1.29, 1.82) is 5.26 Å². The van der Waals surface area contributed by atoms with Crippen LogP contribution in [0.5, 0.6) is 0 Å². The van der Waals surface area contributed by atoms with Crippen molar-refractivity contribution in [2.24, 2.45) is 57.2 Å². The Balaban J connectivity index is 0.000000162. The van der Waals surface area contributed by atoms with Crippen LogP contribution < -0.4 is 0 Å². The van der Waals surface area contributed by atoms with E-state index in [-0.39, 0.29) is 75.5 Å². The van der Waals surface area contributed by atoms with Crippen LogP contribution in [0.1, 0.15) is 103 Å². The van der Waals surface area contributed by atoms with Gasteiger partial charge in [-0.2, -0.15) is 5.26 Å². The number of ether oxygens (including phenoxy) is 4. The highest BCUT2D eigenvalue weighted by Gasteiger charge is 2.78. The van der Waals surface area contributed by atoms with Crippen molar-refractivity contribution in [3.05, 3.63) is 119 Å². The van der Waals surface area contributed by atoms with Crippen LogP contribution >= 0.6 is 23.5 Å². The van der Waals surface area contributed by atoms with E-state index < -0.39 is 91.8 Å². The maximum atomic E-state index is 14.8. The molecular weight excluding hydrogens is 1010 g/mol. The fraction of sp³-hybridized carbons (Fsp3) is 0.559. The van der Waals surface area contributed by atoms with Gasteiger partial charge in [-0.1, -0.05) is 99.2 Å². The van der Waals surface area contributed by atoms with E-state index in [1.807, 2.05) is 32.1 Å².